The van der Waals surface area contributed by atoms with Gasteiger partial charge in [-0.25, -0.2) is 12.7 Å². The molecule has 2 rings (SSSR count). The Bertz CT molecular complexity index is 636. The highest BCUT2D eigenvalue weighted by molar-refractivity contribution is 7.90. The molecule has 2 amide bonds. The average molecular weight is 268 g/mol. The van der Waals surface area contributed by atoms with Gasteiger partial charge in [0, 0.05) is 19.2 Å². The van der Waals surface area contributed by atoms with Crippen LogP contribution in [0.4, 0.5) is 0 Å². The number of hydrogen-bond donors (Lipinski definition) is 1. The topological polar surface area (TPSA) is 83.6 Å². The Morgan fingerprint density at radius 3 is 2.61 bits per heavy atom. The Labute approximate surface area is 105 Å². The summed E-state index contributed by atoms with van der Waals surface area (Å²) in [6.07, 6.45) is 0. The van der Waals surface area contributed by atoms with Crippen LogP contribution in [-0.2, 0) is 10.0 Å². The summed E-state index contributed by atoms with van der Waals surface area (Å²) in [4.78, 5) is 23.2. The van der Waals surface area contributed by atoms with Gasteiger partial charge in [0.05, 0.1) is 5.56 Å². The summed E-state index contributed by atoms with van der Waals surface area (Å²) in [5, 5.41) is 2.40. The van der Waals surface area contributed by atoms with Crippen LogP contribution in [0, 0.1) is 0 Å². The van der Waals surface area contributed by atoms with E-state index in [0.717, 1.165) is 4.31 Å². The van der Waals surface area contributed by atoms with Crippen molar-refractivity contribution >= 4 is 21.8 Å². The maximum Gasteiger partial charge on any atom is 0.268 e. The van der Waals surface area contributed by atoms with Crippen molar-refractivity contribution in [3.05, 3.63) is 29.3 Å². The molecule has 0 atom stereocenters. The number of fused-ring (bicyclic) bond motifs is 1. The summed E-state index contributed by atoms with van der Waals surface area (Å²) in [6, 6.07) is 4.04. The monoisotopic (exact) mass is 268 g/mol. The number of nitrogens with zero attached hydrogens (tertiary/aromatic N) is 1. The van der Waals surface area contributed by atoms with Gasteiger partial charge in [0.2, 0.25) is 0 Å². The third kappa shape index (κ3) is 1.59. The van der Waals surface area contributed by atoms with Crippen molar-refractivity contribution in [1.82, 2.24) is 9.62 Å². The van der Waals surface area contributed by atoms with Crippen LogP contribution >= 0.6 is 0 Å². The summed E-state index contributed by atoms with van der Waals surface area (Å²) in [5.74, 6) is -0.939. The predicted molar refractivity (Wildman–Crippen MR) is 63.7 cm³/mol. The lowest BCUT2D eigenvalue weighted by Crippen LogP contribution is -2.29. The fourth-order valence-electron chi connectivity index (χ4n) is 1.87. The van der Waals surface area contributed by atoms with Crippen LogP contribution in [0.2, 0.25) is 0 Å². The maximum atomic E-state index is 12.1. The lowest BCUT2D eigenvalue weighted by atomic mass is 10.1. The van der Waals surface area contributed by atoms with Crippen LogP contribution in [0.5, 0.6) is 0 Å². The average Bonchev–Trinajstić information content (AvgIpc) is 2.55. The molecule has 1 aromatic carbocycles. The Balaban J connectivity index is 2.64. The lowest BCUT2D eigenvalue weighted by molar-refractivity contribution is 0.0874. The Kier molecular flexibility index (Phi) is 2.86. The predicted octanol–water partition coefficient (Wildman–Crippen LogP) is 0.211. The first kappa shape index (κ1) is 12.6. The fourth-order valence-corrected chi connectivity index (χ4v) is 3.48. The van der Waals surface area contributed by atoms with Gasteiger partial charge in [-0.2, -0.15) is 0 Å². The molecule has 1 aromatic rings. The van der Waals surface area contributed by atoms with E-state index in [0.29, 0.717) is 0 Å². The second kappa shape index (κ2) is 4.09. The molecule has 0 unspecified atom stereocenters. The van der Waals surface area contributed by atoms with Gasteiger partial charge in [0.15, 0.2) is 0 Å². The molecule has 0 saturated carbocycles. The summed E-state index contributed by atoms with van der Waals surface area (Å²) in [7, 11) is -2.35. The smallest absolute Gasteiger partial charge is 0.268 e. The van der Waals surface area contributed by atoms with Crippen LogP contribution in [0.15, 0.2) is 23.1 Å². The van der Waals surface area contributed by atoms with E-state index in [2.05, 4.69) is 5.32 Å². The standard InChI is InChI=1S/C11H12N2O4S/c1-3-13-11(15)8-5-4-7(10(14)12-2)6-9(8)18(13,16)17/h4-6H,3H2,1-2H3,(H,12,14). The molecule has 0 fully saturated rings. The molecule has 0 saturated heterocycles. The van der Waals surface area contributed by atoms with Crippen LogP contribution in [0.25, 0.3) is 0 Å². The molecule has 96 valence electrons. The van der Waals surface area contributed by atoms with Crippen molar-refractivity contribution < 1.29 is 18.0 Å². The molecule has 0 aromatic heterocycles. The highest BCUT2D eigenvalue weighted by Gasteiger charge is 2.40. The minimum Gasteiger partial charge on any atom is -0.355 e. The van der Waals surface area contributed by atoms with E-state index in [4.69, 9.17) is 0 Å². The third-order valence-electron chi connectivity index (χ3n) is 2.78. The molecular formula is C11H12N2O4S. The zero-order valence-electron chi connectivity index (χ0n) is 9.93. The van der Waals surface area contributed by atoms with Gasteiger partial charge >= 0.3 is 0 Å². The van der Waals surface area contributed by atoms with Gasteiger partial charge in [-0.05, 0) is 25.1 Å². The lowest BCUT2D eigenvalue weighted by Gasteiger charge is -2.10. The van der Waals surface area contributed by atoms with Gasteiger partial charge in [0.25, 0.3) is 21.8 Å². The molecule has 1 heterocycles. The van der Waals surface area contributed by atoms with E-state index in [1.54, 1.807) is 6.92 Å². The van der Waals surface area contributed by atoms with E-state index in [-0.39, 0.29) is 22.6 Å². The molecular weight excluding hydrogens is 256 g/mol. The second-order valence-electron chi connectivity index (χ2n) is 3.77. The van der Waals surface area contributed by atoms with Gasteiger partial charge in [-0.1, -0.05) is 0 Å². The Hall–Kier alpha value is -1.89. The van der Waals surface area contributed by atoms with Crippen LogP contribution in [0.1, 0.15) is 27.6 Å². The number of amides is 2. The van der Waals surface area contributed by atoms with Crippen molar-refractivity contribution in [2.24, 2.45) is 0 Å². The number of nitrogens with one attached hydrogen (secondary N) is 1. The van der Waals surface area contributed by atoms with Crippen molar-refractivity contribution in [2.45, 2.75) is 11.8 Å². The Morgan fingerprint density at radius 1 is 1.39 bits per heavy atom. The molecule has 6 nitrogen and oxygen atoms in total. The van der Waals surface area contributed by atoms with Gasteiger partial charge < -0.3 is 5.32 Å². The molecule has 1 aliphatic rings. The summed E-state index contributed by atoms with van der Waals surface area (Å²) in [6.45, 7) is 1.66. The molecule has 0 bridgehead atoms. The van der Waals surface area contributed by atoms with Crippen molar-refractivity contribution in [1.29, 1.82) is 0 Å². The number of rotatable bonds is 2. The van der Waals surface area contributed by atoms with E-state index < -0.39 is 21.8 Å². The molecule has 1 N–H and O–H groups in total. The molecule has 18 heavy (non-hydrogen) atoms. The van der Waals surface area contributed by atoms with E-state index >= 15 is 0 Å². The zero-order chi connectivity index (χ0) is 13.5. The first-order valence-electron chi connectivity index (χ1n) is 5.36. The summed E-state index contributed by atoms with van der Waals surface area (Å²) in [5.41, 5.74) is 0.329. The molecule has 0 spiro atoms. The molecule has 7 heteroatoms. The SMILES string of the molecule is CCN1C(=O)c2ccc(C(=O)NC)cc2S1(=O)=O. The first-order valence-corrected chi connectivity index (χ1v) is 6.80. The molecule has 1 aliphatic heterocycles. The van der Waals surface area contributed by atoms with Crippen molar-refractivity contribution in [2.75, 3.05) is 13.6 Å². The van der Waals surface area contributed by atoms with Crippen molar-refractivity contribution in [3.63, 3.8) is 0 Å². The van der Waals surface area contributed by atoms with E-state index in [1.807, 2.05) is 0 Å². The van der Waals surface area contributed by atoms with Gasteiger partial charge in [-0.3, -0.25) is 9.59 Å². The van der Waals surface area contributed by atoms with Crippen LogP contribution < -0.4 is 5.32 Å². The number of benzene rings is 1. The van der Waals surface area contributed by atoms with Crippen LogP contribution in [-0.4, -0.2) is 38.1 Å². The first-order chi connectivity index (χ1) is 8.43. The minimum absolute atomic E-state index is 0.0746. The van der Waals surface area contributed by atoms with E-state index in [1.165, 1.54) is 25.2 Å². The summed E-state index contributed by atoms with van der Waals surface area (Å²) < 4.78 is 24.9. The zero-order valence-corrected chi connectivity index (χ0v) is 10.7. The fraction of sp³-hybridized carbons (Fsp3) is 0.273. The minimum atomic E-state index is -3.81. The third-order valence-corrected chi connectivity index (χ3v) is 4.68. The van der Waals surface area contributed by atoms with Gasteiger partial charge in [0.1, 0.15) is 4.90 Å². The molecule has 0 radical (unpaired) electrons. The summed E-state index contributed by atoms with van der Waals surface area (Å²) >= 11 is 0. The maximum absolute atomic E-state index is 12.1. The van der Waals surface area contributed by atoms with Gasteiger partial charge in [-0.15, -0.1) is 0 Å². The number of hydrogen-bond acceptors (Lipinski definition) is 4. The number of carbonyl (C=O) groups excluding carboxylic acids is 2. The normalized spacial score (nSPS) is 16.6. The second-order valence-corrected chi connectivity index (χ2v) is 5.60. The highest BCUT2D eigenvalue weighted by atomic mass is 32.2. The largest absolute Gasteiger partial charge is 0.355 e. The Morgan fingerprint density at radius 2 is 2.06 bits per heavy atom. The highest BCUT2D eigenvalue weighted by Crippen LogP contribution is 2.30. The number of sulfonamides is 1. The number of carbonyl (C=O) groups is 2. The van der Waals surface area contributed by atoms with E-state index in [9.17, 15) is 18.0 Å². The quantitative estimate of drug-likeness (QED) is 0.831. The molecule has 0 aliphatic carbocycles. The van der Waals surface area contributed by atoms with Crippen molar-refractivity contribution in [3.8, 4) is 0 Å². The van der Waals surface area contributed by atoms with Crippen LogP contribution in [0.3, 0.4) is 0 Å².